The van der Waals surface area contributed by atoms with Crippen molar-refractivity contribution < 1.29 is 30.0 Å². The molecule has 25 heavy (non-hydrogen) atoms. The molecule has 0 aliphatic rings. The first-order chi connectivity index (χ1) is 11.2. The van der Waals surface area contributed by atoms with E-state index in [9.17, 15) is 30.0 Å². The summed E-state index contributed by atoms with van der Waals surface area (Å²) < 4.78 is 87.6. The predicted octanol–water partition coefficient (Wildman–Crippen LogP) is 2.08. The molecule has 4 N–H and O–H groups in total. The first-order valence-electron chi connectivity index (χ1n) is 6.60. The lowest BCUT2D eigenvalue weighted by Crippen LogP contribution is -2.18. The number of sulfonamides is 1. The van der Waals surface area contributed by atoms with Crippen LogP contribution in [-0.2, 0) is 26.0 Å². The summed E-state index contributed by atoms with van der Waals surface area (Å²) in [4.78, 5) is -2.15. The molecule has 0 unspecified atom stereocenters. The van der Waals surface area contributed by atoms with Crippen molar-refractivity contribution in [3.63, 3.8) is 0 Å². The van der Waals surface area contributed by atoms with Gasteiger partial charge in [0.2, 0.25) is 19.9 Å². The van der Waals surface area contributed by atoms with Crippen LogP contribution in [-0.4, -0.2) is 16.8 Å². The number of alkyl halides is 3. The summed E-state index contributed by atoms with van der Waals surface area (Å²) in [6, 6.07) is 5.36. The summed E-state index contributed by atoms with van der Waals surface area (Å²) in [5.41, 5.74) is 3.65. The van der Waals surface area contributed by atoms with Gasteiger partial charge in [-0.15, -0.1) is 0 Å². The van der Waals surface area contributed by atoms with Crippen molar-refractivity contribution in [2.24, 2.45) is 5.14 Å². The van der Waals surface area contributed by atoms with Gasteiger partial charge < -0.3 is 5.73 Å². The van der Waals surface area contributed by atoms with Crippen molar-refractivity contribution >= 4 is 25.5 Å². The van der Waals surface area contributed by atoms with Crippen molar-refractivity contribution in [2.45, 2.75) is 27.8 Å². The zero-order valence-corrected chi connectivity index (χ0v) is 14.3. The van der Waals surface area contributed by atoms with Crippen LogP contribution < -0.4 is 10.9 Å². The van der Waals surface area contributed by atoms with E-state index in [1.54, 1.807) is 0 Å². The fourth-order valence-electron chi connectivity index (χ4n) is 2.14. The Morgan fingerprint density at radius 2 is 1.52 bits per heavy atom. The number of nitrogens with two attached hydrogens (primary N) is 2. The number of benzene rings is 2. The molecule has 0 saturated carbocycles. The van der Waals surface area contributed by atoms with Crippen LogP contribution in [0.2, 0.25) is 0 Å². The molecule has 0 heterocycles. The fourth-order valence-corrected chi connectivity index (χ4v) is 4.86. The molecule has 0 atom stereocenters. The van der Waals surface area contributed by atoms with Gasteiger partial charge in [-0.3, -0.25) is 0 Å². The van der Waals surface area contributed by atoms with Crippen LogP contribution >= 0.6 is 0 Å². The zero-order chi connectivity index (χ0) is 19.2. The second kappa shape index (κ2) is 6.00. The minimum absolute atomic E-state index is 0.361. The van der Waals surface area contributed by atoms with Crippen LogP contribution in [0.3, 0.4) is 0 Å². The van der Waals surface area contributed by atoms with Crippen molar-refractivity contribution in [1.29, 1.82) is 0 Å². The Labute approximate surface area is 142 Å². The van der Waals surface area contributed by atoms with E-state index in [0.717, 1.165) is 24.3 Å². The molecule has 0 aliphatic carbocycles. The average Bonchev–Trinajstić information content (AvgIpc) is 2.44. The number of sulfone groups is 1. The van der Waals surface area contributed by atoms with E-state index < -0.39 is 52.0 Å². The van der Waals surface area contributed by atoms with E-state index in [1.807, 2.05) is 0 Å². The van der Waals surface area contributed by atoms with Crippen molar-refractivity contribution in [3.05, 3.63) is 47.5 Å². The topological polar surface area (TPSA) is 120 Å². The smallest absolute Gasteiger partial charge is 0.398 e. The molecular weight excluding hydrogens is 381 g/mol. The first kappa shape index (κ1) is 19.2. The molecule has 0 saturated heterocycles. The van der Waals surface area contributed by atoms with E-state index in [1.165, 1.54) is 13.0 Å². The summed E-state index contributed by atoms with van der Waals surface area (Å²) in [5.74, 6) is 0. The Kier molecular flexibility index (Phi) is 4.61. The van der Waals surface area contributed by atoms with Gasteiger partial charge in [-0.25, -0.2) is 22.0 Å². The Morgan fingerprint density at radius 3 is 2.04 bits per heavy atom. The molecule has 0 spiro atoms. The number of rotatable bonds is 3. The summed E-state index contributed by atoms with van der Waals surface area (Å²) in [6.45, 7) is 1.50. The third-order valence-electron chi connectivity index (χ3n) is 3.34. The molecular formula is C14H13F3N2O4S2. The highest BCUT2D eigenvalue weighted by atomic mass is 32.2. The van der Waals surface area contributed by atoms with Gasteiger partial charge in [0.25, 0.3) is 0 Å². The number of hydrogen-bond acceptors (Lipinski definition) is 5. The molecule has 11 heteroatoms. The summed E-state index contributed by atoms with van der Waals surface area (Å²) in [5, 5.41) is 5.01. The summed E-state index contributed by atoms with van der Waals surface area (Å²) in [6.07, 6.45) is -4.87. The number of primary sulfonamides is 1. The molecule has 0 bridgehead atoms. The quantitative estimate of drug-likeness (QED) is 0.772. The Balaban J connectivity index is 2.80. The van der Waals surface area contributed by atoms with Gasteiger partial charge in [-0.1, -0.05) is 6.07 Å². The van der Waals surface area contributed by atoms with E-state index in [0.29, 0.717) is 11.6 Å². The van der Waals surface area contributed by atoms with E-state index in [-0.39, 0.29) is 0 Å². The minimum atomic E-state index is -4.87. The van der Waals surface area contributed by atoms with Crippen LogP contribution in [0.1, 0.15) is 11.1 Å². The van der Waals surface area contributed by atoms with E-state index in [4.69, 9.17) is 10.9 Å². The number of halogens is 3. The monoisotopic (exact) mass is 394 g/mol. The largest absolute Gasteiger partial charge is 0.418 e. The summed E-state index contributed by atoms with van der Waals surface area (Å²) in [7, 11) is -9.00. The standard InChI is InChI=1S/C14H13F3N2O4S2/c1-8-2-5-12(25(19,22)23)13(6-8)24(20,21)9-3-4-11(18)10(7-9)14(15,16)17/h2-7H,18H2,1H3,(H2,19,22,23). The van der Waals surface area contributed by atoms with Crippen LogP contribution in [0.25, 0.3) is 0 Å². The molecule has 0 amide bonds. The van der Waals surface area contributed by atoms with Gasteiger partial charge >= 0.3 is 6.18 Å². The van der Waals surface area contributed by atoms with Gasteiger partial charge in [-0.05, 0) is 42.8 Å². The van der Waals surface area contributed by atoms with Gasteiger partial charge in [0.15, 0.2) is 0 Å². The molecule has 136 valence electrons. The molecule has 2 rings (SSSR count). The molecule has 0 radical (unpaired) electrons. The highest BCUT2D eigenvalue weighted by Crippen LogP contribution is 2.36. The SMILES string of the molecule is Cc1ccc(S(N)(=O)=O)c(S(=O)(=O)c2ccc(N)c(C(F)(F)F)c2)c1. The number of aryl methyl sites for hydroxylation is 1. The van der Waals surface area contributed by atoms with Gasteiger partial charge in [-0.2, -0.15) is 13.2 Å². The maximum atomic E-state index is 13.0. The molecule has 0 fully saturated rings. The Hall–Kier alpha value is -2.11. The molecule has 2 aromatic rings. The van der Waals surface area contributed by atoms with Crippen molar-refractivity contribution in [3.8, 4) is 0 Å². The minimum Gasteiger partial charge on any atom is -0.398 e. The summed E-state index contributed by atoms with van der Waals surface area (Å²) >= 11 is 0. The molecule has 0 aromatic heterocycles. The zero-order valence-electron chi connectivity index (χ0n) is 12.7. The lowest BCUT2D eigenvalue weighted by Gasteiger charge is -2.14. The maximum Gasteiger partial charge on any atom is 0.418 e. The lowest BCUT2D eigenvalue weighted by molar-refractivity contribution is -0.137. The van der Waals surface area contributed by atoms with Crippen LogP contribution in [0.15, 0.2) is 51.1 Å². The molecule has 2 aromatic carbocycles. The number of hydrogen-bond donors (Lipinski definition) is 2. The fraction of sp³-hybridized carbons (Fsp3) is 0.143. The van der Waals surface area contributed by atoms with E-state index >= 15 is 0 Å². The maximum absolute atomic E-state index is 13.0. The molecule has 6 nitrogen and oxygen atoms in total. The van der Waals surface area contributed by atoms with Crippen molar-refractivity contribution in [2.75, 3.05) is 5.73 Å². The predicted molar refractivity (Wildman–Crippen MR) is 83.9 cm³/mol. The van der Waals surface area contributed by atoms with E-state index in [2.05, 4.69) is 0 Å². The Morgan fingerprint density at radius 1 is 0.920 bits per heavy atom. The third-order valence-corrected chi connectivity index (χ3v) is 6.23. The van der Waals surface area contributed by atoms with Crippen LogP contribution in [0.5, 0.6) is 0 Å². The second-order valence-corrected chi connectivity index (χ2v) is 8.69. The van der Waals surface area contributed by atoms with Crippen LogP contribution in [0.4, 0.5) is 18.9 Å². The number of nitrogen functional groups attached to an aromatic ring is 1. The van der Waals surface area contributed by atoms with Gasteiger partial charge in [0.1, 0.15) is 4.90 Å². The second-order valence-electron chi connectivity index (χ2n) is 5.25. The average molecular weight is 394 g/mol. The van der Waals surface area contributed by atoms with Crippen molar-refractivity contribution in [1.82, 2.24) is 0 Å². The Bertz CT molecular complexity index is 1050. The normalized spacial score (nSPS) is 13.0. The van der Waals surface area contributed by atoms with Crippen LogP contribution in [0, 0.1) is 6.92 Å². The van der Waals surface area contributed by atoms with Gasteiger partial charge in [0, 0.05) is 5.69 Å². The lowest BCUT2D eigenvalue weighted by atomic mass is 10.2. The highest BCUT2D eigenvalue weighted by molar-refractivity contribution is 7.93. The first-order valence-corrected chi connectivity index (χ1v) is 9.63. The third kappa shape index (κ3) is 3.78. The number of anilines is 1. The molecule has 0 aliphatic heterocycles. The van der Waals surface area contributed by atoms with Gasteiger partial charge in [0.05, 0.1) is 15.4 Å². The highest BCUT2D eigenvalue weighted by Gasteiger charge is 2.35.